The Morgan fingerprint density at radius 2 is 1.07 bits per heavy atom. The summed E-state index contributed by atoms with van der Waals surface area (Å²) in [6, 6.07) is 15.4. The molecule has 3 aromatic rings. The van der Waals surface area contributed by atoms with E-state index in [0.29, 0.717) is 11.1 Å². The zero-order valence-corrected chi connectivity index (χ0v) is 43.9. The molecule has 2 aliphatic carbocycles. The second-order valence-electron chi connectivity index (χ2n) is 22.5. The fraction of sp³-hybridized carbons (Fsp3) is 0.554. The van der Waals surface area contributed by atoms with Crippen LogP contribution in [0.3, 0.4) is 0 Å². The second kappa shape index (κ2) is 22.3. The van der Waals surface area contributed by atoms with Crippen LogP contribution in [-0.2, 0) is 54.6 Å². The van der Waals surface area contributed by atoms with Gasteiger partial charge >= 0.3 is 0 Å². The van der Waals surface area contributed by atoms with E-state index in [4.69, 9.17) is 0 Å². The molecule has 16 heteroatoms. The summed E-state index contributed by atoms with van der Waals surface area (Å²) in [6.45, 7) is 14.7. The lowest BCUT2D eigenvalue weighted by molar-refractivity contribution is -0.147. The maximum Gasteiger partial charge on any atom is 0.251 e. The van der Waals surface area contributed by atoms with Crippen LogP contribution in [0, 0.1) is 10.8 Å². The Morgan fingerprint density at radius 3 is 1.57 bits per heavy atom. The van der Waals surface area contributed by atoms with E-state index in [1.54, 1.807) is 45.0 Å². The van der Waals surface area contributed by atoms with E-state index in [1.165, 1.54) is 16.0 Å². The van der Waals surface area contributed by atoms with Crippen molar-refractivity contribution in [2.45, 2.75) is 168 Å². The molecule has 7 rings (SSSR count). The quantitative estimate of drug-likeness (QED) is 0.123. The third-order valence-corrected chi connectivity index (χ3v) is 15.2. The number of carbonyl (C=O) groups is 7. The van der Waals surface area contributed by atoms with Crippen LogP contribution >= 0.6 is 0 Å². The van der Waals surface area contributed by atoms with Crippen LogP contribution in [0.15, 0.2) is 66.7 Å². The SMILES string of the molecule is CN[C@@H](C)C(=O)NC(C(=O)N1Cc2cc(C(=O)NC3C[C@@H](C(=O)NC4CCCc5ccccc54)N(C(=O)[C@@H](NC(=O)[C@H](C)NC)C(C)(C)C)C3)ccc2CC1C(=O)NC1CCCc2ccccc21)C(C)(C)C. The molecule has 4 aliphatic rings. The van der Waals surface area contributed by atoms with Gasteiger partial charge in [-0.05, 0) is 129 Å². The van der Waals surface area contributed by atoms with Crippen molar-refractivity contribution in [3.63, 3.8) is 0 Å². The van der Waals surface area contributed by atoms with E-state index in [-0.39, 0.29) is 61.6 Å². The summed E-state index contributed by atoms with van der Waals surface area (Å²) in [5, 5.41) is 21.4. The molecule has 0 saturated carbocycles. The summed E-state index contributed by atoms with van der Waals surface area (Å²) in [7, 11) is 3.33. The third kappa shape index (κ3) is 12.0. The molecule has 7 amide bonds. The van der Waals surface area contributed by atoms with Crippen molar-refractivity contribution >= 4 is 41.4 Å². The molecule has 0 radical (unpaired) electrons. The normalized spacial score (nSPS) is 22.4. The first-order valence-corrected chi connectivity index (χ1v) is 25.8. The fourth-order valence-corrected chi connectivity index (χ4v) is 10.7. The lowest BCUT2D eigenvalue weighted by atomic mass is 9.83. The number of benzene rings is 3. The van der Waals surface area contributed by atoms with E-state index in [9.17, 15) is 33.6 Å². The molecule has 2 aliphatic heterocycles. The molecular weight excluding hydrogens is 911 g/mol. The number of likely N-dealkylation sites (N-methyl/N-ethyl adjacent to an activating group) is 2. The summed E-state index contributed by atoms with van der Waals surface area (Å²) in [4.78, 5) is 103. The molecule has 0 bridgehead atoms. The molecule has 16 nitrogen and oxygen atoms in total. The molecule has 7 N–H and O–H groups in total. The number of carbonyl (C=O) groups excluding carboxylic acids is 7. The fourth-order valence-electron chi connectivity index (χ4n) is 10.7. The van der Waals surface area contributed by atoms with Gasteiger partial charge in [0.2, 0.25) is 35.4 Å². The minimum atomic E-state index is -0.983. The number of fused-ring (bicyclic) bond motifs is 3. The number of nitrogens with zero attached hydrogens (tertiary/aromatic N) is 2. The van der Waals surface area contributed by atoms with Crippen molar-refractivity contribution in [2.75, 3.05) is 20.6 Å². The highest BCUT2D eigenvalue weighted by atomic mass is 16.2. The number of nitrogens with one attached hydrogen (secondary N) is 7. The summed E-state index contributed by atoms with van der Waals surface area (Å²) >= 11 is 0. The number of amides is 7. The van der Waals surface area contributed by atoms with Gasteiger partial charge in [-0.1, -0.05) is 96.1 Å². The number of hydrogen-bond donors (Lipinski definition) is 7. The van der Waals surface area contributed by atoms with Crippen LogP contribution in [0.4, 0.5) is 0 Å². The van der Waals surface area contributed by atoms with Crippen molar-refractivity contribution in [1.82, 2.24) is 47.0 Å². The maximum absolute atomic E-state index is 15.0. The lowest BCUT2D eigenvalue weighted by Crippen LogP contribution is -2.62. The lowest BCUT2D eigenvalue weighted by Gasteiger charge is -2.42. The predicted octanol–water partition coefficient (Wildman–Crippen LogP) is 4.30. The molecule has 0 aromatic heterocycles. The standard InChI is InChI=1S/C56H77N9O7/c1-32(57-9)48(66)62-46(55(3,4)5)53(71)64-30-38-27-37(26-25-36(38)28-44(64)51(69)60-42-23-15-19-34-17-11-13-21-40(34)42)50(68)59-39-29-45(52(70)61-43-24-16-20-35-18-12-14-22-41(35)43)65(31-39)54(72)47(56(6,7)8)63-49(67)33(2)58-10/h11-14,17-18,21-22,25-27,32-33,39,42-47,57-58H,15-16,19-20,23-24,28-31H2,1-10H3,(H,59,68)(H,60,69)(H,61,70)(H,62,66)(H,63,67)/t32-,33-,39?,42?,43?,44?,45-,46?,47+/m0/s1. The largest absolute Gasteiger partial charge is 0.347 e. The Morgan fingerprint density at radius 1 is 0.583 bits per heavy atom. The smallest absolute Gasteiger partial charge is 0.251 e. The molecule has 9 atom stereocenters. The first kappa shape index (κ1) is 53.7. The van der Waals surface area contributed by atoms with Gasteiger partial charge in [0.05, 0.1) is 24.2 Å². The molecule has 0 spiro atoms. The molecule has 1 saturated heterocycles. The number of rotatable bonds is 14. The Labute approximate surface area is 425 Å². The van der Waals surface area contributed by atoms with Crippen LogP contribution in [-0.4, -0.2) is 114 Å². The van der Waals surface area contributed by atoms with Gasteiger partial charge in [-0.2, -0.15) is 0 Å². The van der Waals surface area contributed by atoms with Gasteiger partial charge in [0.1, 0.15) is 24.2 Å². The summed E-state index contributed by atoms with van der Waals surface area (Å²) in [5.74, 6) is -2.60. The van der Waals surface area contributed by atoms with Gasteiger partial charge in [-0.3, -0.25) is 33.6 Å². The Balaban J connectivity index is 1.16. The number of likely N-dealkylation sites (tertiary alicyclic amines) is 1. The zero-order chi connectivity index (χ0) is 52.2. The second-order valence-corrected chi connectivity index (χ2v) is 22.5. The van der Waals surface area contributed by atoms with Crippen LogP contribution in [0.2, 0.25) is 0 Å². The Hall–Kier alpha value is -6.13. The third-order valence-electron chi connectivity index (χ3n) is 15.2. The van der Waals surface area contributed by atoms with Crippen molar-refractivity contribution < 1.29 is 33.6 Å². The van der Waals surface area contributed by atoms with Crippen molar-refractivity contribution in [1.29, 1.82) is 0 Å². The van der Waals surface area contributed by atoms with Gasteiger partial charge in [-0.15, -0.1) is 0 Å². The molecule has 1 fully saturated rings. The van der Waals surface area contributed by atoms with Gasteiger partial charge in [0.15, 0.2) is 0 Å². The summed E-state index contributed by atoms with van der Waals surface area (Å²) in [5.41, 5.74) is 4.81. The van der Waals surface area contributed by atoms with E-state index >= 15 is 0 Å². The average Bonchev–Trinajstić information content (AvgIpc) is 3.78. The summed E-state index contributed by atoms with van der Waals surface area (Å²) in [6.07, 6.45) is 5.47. The van der Waals surface area contributed by atoms with Gasteiger partial charge in [0, 0.05) is 31.1 Å². The highest BCUT2D eigenvalue weighted by Gasteiger charge is 2.47. The highest BCUT2D eigenvalue weighted by molar-refractivity contribution is 5.97. The highest BCUT2D eigenvalue weighted by Crippen LogP contribution is 2.34. The number of aryl methyl sites for hydroxylation is 2. The van der Waals surface area contributed by atoms with Crippen LogP contribution < -0.4 is 37.2 Å². The molecular formula is C56H77N9O7. The van der Waals surface area contributed by atoms with Crippen LogP contribution in [0.5, 0.6) is 0 Å². The molecule has 3 aromatic carbocycles. The summed E-state index contributed by atoms with van der Waals surface area (Å²) < 4.78 is 0. The molecule has 72 heavy (non-hydrogen) atoms. The van der Waals surface area contributed by atoms with E-state index < -0.39 is 70.8 Å². The van der Waals surface area contributed by atoms with Crippen LogP contribution in [0.25, 0.3) is 0 Å². The van der Waals surface area contributed by atoms with Crippen LogP contribution in [0.1, 0.15) is 143 Å². The zero-order valence-electron chi connectivity index (χ0n) is 43.9. The van der Waals surface area contributed by atoms with Crippen molar-refractivity contribution in [3.8, 4) is 0 Å². The molecule has 5 unspecified atom stereocenters. The maximum atomic E-state index is 15.0. The molecule has 388 valence electrons. The Bertz CT molecular complexity index is 2530. The monoisotopic (exact) mass is 988 g/mol. The number of hydrogen-bond acceptors (Lipinski definition) is 9. The van der Waals surface area contributed by atoms with E-state index in [0.717, 1.165) is 55.2 Å². The van der Waals surface area contributed by atoms with Gasteiger partial charge < -0.3 is 47.0 Å². The van der Waals surface area contributed by atoms with Gasteiger partial charge in [-0.25, -0.2) is 0 Å². The minimum Gasteiger partial charge on any atom is -0.347 e. The first-order valence-electron chi connectivity index (χ1n) is 25.8. The Kier molecular flexibility index (Phi) is 16.6. The predicted molar refractivity (Wildman–Crippen MR) is 276 cm³/mol. The van der Waals surface area contributed by atoms with Gasteiger partial charge in [0.25, 0.3) is 5.91 Å². The van der Waals surface area contributed by atoms with Crippen molar-refractivity contribution in [3.05, 3.63) is 106 Å². The van der Waals surface area contributed by atoms with E-state index in [2.05, 4.69) is 49.4 Å². The first-order chi connectivity index (χ1) is 34.1. The van der Waals surface area contributed by atoms with E-state index in [1.807, 2.05) is 84.0 Å². The van der Waals surface area contributed by atoms with Crippen molar-refractivity contribution in [2.24, 2.45) is 10.8 Å². The minimum absolute atomic E-state index is 0.00296. The average molecular weight is 988 g/mol. The topological polar surface area (TPSA) is 210 Å². The molecule has 2 heterocycles.